The van der Waals surface area contributed by atoms with Gasteiger partial charge in [-0.2, -0.15) is 5.10 Å². The van der Waals surface area contributed by atoms with Crippen LogP contribution in [0.1, 0.15) is 26.7 Å². The predicted octanol–water partition coefficient (Wildman–Crippen LogP) is 0.588. The van der Waals surface area contributed by atoms with E-state index in [9.17, 15) is 4.79 Å². The molecule has 138 valence electrons. The number of aromatic nitrogens is 2. The topological polar surface area (TPSA) is 64.6 Å². The van der Waals surface area contributed by atoms with Crippen molar-refractivity contribution in [3.8, 4) is 0 Å². The first-order valence-corrected chi connectivity index (χ1v) is 9.48. The van der Waals surface area contributed by atoms with Gasteiger partial charge in [-0.25, -0.2) is 0 Å². The number of rotatable bonds is 6. The summed E-state index contributed by atoms with van der Waals surface area (Å²) in [6.45, 7) is 10.7. The van der Waals surface area contributed by atoms with E-state index < -0.39 is 0 Å². The number of carbonyl (C=O) groups is 1. The molecule has 0 aliphatic carbocycles. The SMILES string of the molecule is CCN1CCN(C(=O)[C@@H](C)NC[C@@H]2CCCN2c2cccnn2)CC1. The van der Waals surface area contributed by atoms with Gasteiger partial charge in [0.05, 0.1) is 6.04 Å². The van der Waals surface area contributed by atoms with E-state index in [-0.39, 0.29) is 11.9 Å². The van der Waals surface area contributed by atoms with Gasteiger partial charge in [0.1, 0.15) is 0 Å². The fraction of sp³-hybridized carbons (Fsp3) is 0.722. The quantitative estimate of drug-likeness (QED) is 0.813. The van der Waals surface area contributed by atoms with Crippen molar-refractivity contribution >= 4 is 11.7 Å². The Morgan fingerprint density at radius 1 is 1.32 bits per heavy atom. The van der Waals surface area contributed by atoms with Crippen molar-refractivity contribution in [1.29, 1.82) is 0 Å². The molecule has 2 fully saturated rings. The normalized spacial score (nSPS) is 23.0. The molecule has 1 amide bonds. The van der Waals surface area contributed by atoms with E-state index in [0.717, 1.165) is 64.5 Å². The second kappa shape index (κ2) is 8.58. The summed E-state index contributed by atoms with van der Waals surface area (Å²) in [5.74, 6) is 1.15. The highest BCUT2D eigenvalue weighted by Crippen LogP contribution is 2.22. The lowest BCUT2D eigenvalue weighted by molar-refractivity contribution is -0.134. The number of carbonyl (C=O) groups excluding carboxylic acids is 1. The van der Waals surface area contributed by atoms with Crippen molar-refractivity contribution in [3.05, 3.63) is 18.3 Å². The molecular formula is C18H30N6O. The number of nitrogens with zero attached hydrogens (tertiary/aromatic N) is 5. The Bertz CT molecular complexity index is 546. The molecule has 0 radical (unpaired) electrons. The zero-order valence-electron chi connectivity index (χ0n) is 15.4. The number of likely N-dealkylation sites (N-methyl/N-ethyl adjacent to an activating group) is 1. The minimum atomic E-state index is -0.141. The Hall–Kier alpha value is -1.73. The minimum absolute atomic E-state index is 0.141. The summed E-state index contributed by atoms with van der Waals surface area (Å²) in [7, 11) is 0. The van der Waals surface area contributed by atoms with E-state index >= 15 is 0 Å². The van der Waals surface area contributed by atoms with E-state index in [4.69, 9.17) is 0 Å². The van der Waals surface area contributed by atoms with E-state index in [1.165, 1.54) is 0 Å². The zero-order valence-corrected chi connectivity index (χ0v) is 15.4. The summed E-state index contributed by atoms with van der Waals surface area (Å²) in [6, 6.07) is 4.17. The first-order valence-electron chi connectivity index (χ1n) is 9.48. The van der Waals surface area contributed by atoms with E-state index in [2.05, 4.69) is 32.2 Å². The first-order chi connectivity index (χ1) is 12.2. The van der Waals surface area contributed by atoms with Crippen LogP contribution in [0.4, 0.5) is 5.82 Å². The summed E-state index contributed by atoms with van der Waals surface area (Å²) in [6.07, 6.45) is 3.98. The van der Waals surface area contributed by atoms with Crippen molar-refractivity contribution in [3.63, 3.8) is 0 Å². The third kappa shape index (κ3) is 4.46. The van der Waals surface area contributed by atoms with E-state index in [1.54, 1.807) is 6.20 Å². The molecule has 1 N–H and O–H groups in total. The molecule has 0 aromatic carbocycles. The maximum absolute atomic E-state index is 12.7. The third-order valence-corrected chi connectivity index (χ3v) is 5.39. The Morgan fingerprint density at radius 2 is 2.12 bits per heavy atom. The first kappa shape index (κ1) is 18.1. The summed E-state index contributed by atoms with van der Waals surface area (Å²) < 4.78 is 0. The highest BCUT2D eigenvalue weighted by Gasteiger charge is 2.28. The summed E-state index contributed by atoms with van der Waals surface area (Å²) >= 11 is 0. The molecule has 2 saturated heterocycles. The molecule has 3 rings (SSSR count). The number of amides is 1. The fourth-order valence-electron chi connectivity index (χ4n) is 3.75. The summed E-state index contributed by atoms with van der Waals surface area (Å²) in [4.78, 5) is 19.3. The monoisotopic (exact) mass is 346 g/mol. The molecule has 0 bridgehead atoms. The van der Waals surface area contributed by atoms with Crippen molar-refractivity contribution in [2.45, 2.75) is 38.8 Å². The van der Waals surface area contributed by atoms with Crippen LogP contribution in [0.15, 0.2) is 18.3 Å². The summed E-state index contributed by atoms with van der Waals surface area (Å²) in [5, 5.41) is 11.7. The maximum atomic E-state index is 12.7. The molecule has 3 heterocycles. The highest BCUT2D eigenvalue weighted by molar-refractivity contribution is 5.81. The number of piperazine rings is 1. The van der Waals surface area contributed by atoms with Gasteiger partial charge in [-0.3, -0.25) is 4.79 Å². The van der Waals surface area contributed by atoms with Crippen LogP contribution in [0.2, 0.25) is 0 Å². The maximum Gasteiger partial charge on any atom is 0.239 e. The molecule has 0 saturated carbocycles. The van der Waals surface area contributed by atoms with Crippen LogP contribution in [0.3, 0.4) is 0 Å². The van der Waals surface area contributed by atoms with Gasteiger partial charge in [0, 0.05) is 51.5 Å². The molecule has 2 aliphatic heterocycles. The molecule has 7 nitrogen and oxygen atoms in total. The standard InChI is InChI=1S/C18H30N6O/c1-3-22-10-12-23(13-11-22)18(25)15(2)19-14-16-6-5-9-24(16)17-7-4-8-20-21-17/h4,7-8,15-16,19H,3,5-6,9-14H2,1-2H3/t15-,16+/m1/s1. The second-order valence-electron chi connectivity index (χ2n) is 6.96. The van der Waals surface area contributed by atoms with Crippen LogP contribution in [-0.2, 0) is 4.79 Å². The molecule has 0 spiro atoms. The minimum Gasteiger partial charge on any atom is -0.351 e. The van der Waals surface area contributed by atoms with Gasteiger partial charge in [-0.05, 0) is 38.4 Å². The Kier molecular flexibility index (Phi) is 6.20. The highest BCUT2D eigenvalue weighted by atomic mass is 16.2. The van der Waals surface area contributed by atoms with Crippen molar-refractivity contribution in [1.82, 2.24) is 25.3 Å². The molecule has 0 unspecified atom stereocenters. The average Bonchev–Trinajstić information content (AvgIpc) is 3.15. The van der Waals surface area contributed by atoms with Crippen LogP contribution in [0.5, 0.6) is 0 Å². The van der Waals surface area contributed by atoms with Crippen LogP contribution in [-0.4, -0.2) is 83.8 Å². The second-order valence-corrected chi connectivity index (χ2v) is 6.96. The molecule has 2 atom stereocenters. The Balaban J connectivity index is 1.48. The lowest BCUT2D eigenvalue weighted by Crippen LogP contribution is -2.54. The fourth-order valence-corrected chi connectivity index (χ4v) is 3.75. The number of hydrogen-bond acceptors (Lipinski definition) is 6. The van der Waals surface area contributed by atoms with Gasteiger partial charge in [-0.15, -0.1) is 5.10 Å². The lowest BCUT2D eigenvalue weighted by Gasteiger charge is -2.36. The van der Waals surface area contributed by atoms with Crippen LogP contribution in [0, 0.1) is 0 Å². The van der Waals surface area contributed by atoms with Gasteiger partial charge in [0.15, 0.2) is 5.82 Å². The Morgan fingerprint density at radius 3 is 2.80 bits per heavy atom. The number of hydrogen-bond donors (Lipinski definition) is 1. The van der Waals surface area contributed by atoms with Crippen molar-refractivity contribution in [2.24, 2.45) is 0 Å². The molecular weight excluding hydrogens is 316 g/mol. The van der Waals surface area contributed by atoms with Gasteiger partial charge in [0.25, 0.3) is 0 Å². The van der Waals surface area contributed by atoms with Gasteiger partial charge >= 0.3 is 0 Å². The largest absolute Gasteiger partial charge is 0.351 e. The van der Waals surface area contributed by atoms with Gasteiger partial charge in [-0.1, -0.05) is 6.92 Å². The molecule has 25 heavy (non-hydrogen) atoms. The number of anilines is 1. The smallest absolute Gasteiger partial charge is 0.239 e. The third-order valence-electron chi connectivity index (χ3n) is 5.39. The molecule has 7 heteroatoms. The van der Waals surface area contributed by atoms with E-state index in [1.807, 2.05) is 24.0 Å². The Labute approximate surface area is 150 Å². The van der Waals surface area contributed by atoms with Gasteiger partial charge in [0.2, 0.25) is 5.91 Å². The zero-order chi connectivity index (χ0) is 17.6. The molecule has 1 aromatic heterocycles. The van der Waals surface area contributed by atoms with Crippen molar-refractivity contribution in [2.75, 3.05) is 50.7 Å². The molecule has 1 aromatic rings. The van der Waals surface area contributed by atoms with Gasteiger partial charge < -0.3 is 20.0 Å². The average molecular weight is 346 g/mol. The number of nitrogens with one attached hydrogen (secondary N) is 1. The lowest BCUT2D eigenvalue weighted by atomic mass is 10.2. The van der Waals surface area contributed by atoms with Crippen LogP contribution >= 0.6 is 0 Å². The predicted molar refractivity (Wildman–Crippen MR) is 98.6 cm³/mol. The van der Waals surface area contributed by atoms with Crippen molar-refractivity contribution < 1.29 is 4.79 Å². The molecule has 2 aliphatic rings. The van der Waals surface area contributed by atoms with E-state index in [0.29, 0.717) is 6.04 Å². The summed E-state index contributed by atoms with van der Waals surface area (Å²) in [5.41, 5.74) is 0. The van der Waals surface area contributed by atoms with Crippen LogP contribution in [0.25, 0.3) is 0 Å². The van der Waals surface area contributed by atoms with Crippen LogP contribution < -0.4 is 10.2 Å².